The highest BCUT2D eigenvalue weighted by atomic mass is 16.5. The van der Waals surface area contributed by atoms with Gasteiger partial charge in [0, 0.05) is 30.7 Å². The van der Waals surface area contributed by atoms with Crippen LogP contribution < -0.4 is 24.8 Å². The van der Waals surface area contributed by atoms with E-state index in [-0.39, 0.29) is 6.03 Å². The van der Waals surface area contributed by atoms with E-state index in [1.54, 1.807) is 27.4 Å². The van der Waals surface area contributed by atoms with Crippen LogP contribution in [0.2, 0.25) is 0 Å². The topological polar surface area (TPSA) is 72.1 Å². The number of amides is 2. The Morgan fingerprint density at radius 1 is 1.15 bits per heavy atom. The number of hydrogen-bond acceptors (Lipinski definition) is 5. The number of likely N-dealkylation sites (tertiary alicyclic amines) is 1. The number of nitrogens with zero attached hydrogens (tertiary/aromatic N) is 1. The molecule has 0 bridgehead atoms. The van der Waals surface area contributed by atoms with Crippen molar-refractivity contribution in [1.82, 2.24) is 15.5 Å². The summed E-state index contributed by atoms with van der Waals surface area (Å²) in [6.07, 6.45) is 3.76. The largest absolute Gasteiger partial charge is 0.493 e. The van der Waals surface area contributed by atoms with Crippen molar-refractivity contribution in [3.8, 4) is 17.2 Å². The van der Waals surface area contributed by atoms with Gasteiger partial charge in [-0.05, 0) is 45.4 Å². The minimum atomic E-state index is -0.191. The number of piperidine rings is 1. The summed E-state index contributed by atoms with van der Waals surface area (Å²) >= 11 is 0. The maximum Gasteiger partial charge on any atom is 0.315 e. The Balaban J connectivity index is 1.88. The van der Waals surface area contributed by atoms with E-state index in [9.17, 15) is 4.79 Å². The number of hydrogen-bond donors (Lipinski definition) is 2. The summed E-state index contributed by atoms with van der Waals surface area (Å²) in [5, 5.41) is 5.86. The van der Waals surface area contributed by atoms with Gasteiger partial charge in [-0.3, -0.25) is 4.90 Å². The van der Waals surface area contributed by atoms with Gasteiger partial charge in [-0.2, -0.15) is 0 Å². The second-order valence-corrected chi connectivity index (χ2v) is 6.99. The molecule has 1 aliphatic heterocycles. The minimum absolute atomic E-state index is 0.191. The van der Waals surface area contributed by atoms with Crippen LogP contribution in [0, 0.1) is 0 Å². The lowest BCUT2D eigenvalue weighted by Gasteiger charge is -2.38. The lowest BCUT2D eigenvalue weighted by atomic mass is 10.0. The van der Waals surface area contributed by atoms with Gasteiger partial charge in [0.15, 0.2) is 11.5 Å². The second-order valence-electron chi connectivity index (χ2n) is 6.99. The third-order valence-corrected chi connectivity index (χ3v) is 5.20. The van der Waals surface area contributed by atoms with Gasteiger partial charge >= 0.3 is 6.03 Å². The fraction of sp³-hybridized carbons (Fsp3) is 0.650. The number of ether oxygens (including phenoxy) is 3. The van der Waals surface area contributed by atoms with Crippen molar-refractivity contribution < 1.29 is 19.0 Å². The maximum atomic E-state index is 12.2. The van der Waals surface area contributed by atoms with E-state index in [4.69, 9.17) is 14.2 Å². The maximum absolute atomic E-state index is 12.2. The molecule has 7 heteroatoms. The number of benzene rings is 1. The van der Waals surface area contributed by atoms with E-state index in [0.29, 0.717) is 42.4 Å². The average molecular weight is 380 g/mol. The standard InChI is InChI=1S/C20H33N3O4/c1-14-8-6-7-11-23(14)15(2)12-21-20(24)22-13-16-9-10-17(25-3)19(27-5)18(16)26-4/h9-10,14-15H,6-8,11-13H2,1-5H3,(H2,21,22,24)/t14-,15+/m0/s1. The molecule has 2 atom stereocenters. The van der Waals surface area contributed by atoms with Crippen LogP contribution in [0.1, 0.15) is 38.7 Å². The SMILES string of the molecule is COc1ccc(CNC(=O)NC[C@@H](C)N2CCCC[C@@H]2C)c(OC)c1OC. The number of nitrogens with one attached hydrogen (secondary N) is 2. The first-order valence-corrected chi connectivity index (χ1v) is 9.57. The van der Waals surface area contributed by atoms with Gasteiger partial charge in [0.25, 0.3) is 0 Å². The van der Waals surface area contributed by atoms with Crippen LogP contribution in [-0.2, 0) is 6.54 Å². The first kappa shape index (κ1) is 21.2. The van der Waals surface area contributed by atoms with Crippen LogP contribution in [0.3, 0.4) is 0 Å². The monoisotopic (exact) mass is 379 g/mol. The van der Waals surface area contributed by atoms with Crippen LogP contribution in [0.4, 0.5) is 4.79 Å². The average Bonchev–Trinajstić information content (AvgIpc) is 2.69. The quantitative estimate of drug-likeness (QED) is 0.727. The second kappa shape index (κ2) is 10.3. The van der Waals surface area contributed by atoms with E-state index in [2.05, 4.69) is 29.4 Å². The number of carbonyl (C=O) groups is 1. The normalized spacial score (nSPS) is 18.5. The molecule has 1 fully saturated rings. The Kier molecular flexibility index (Phi) is 8.03. The molecule has 2 N–H and O–H groups in total. The zero-order valence-corrected chi connectivity index (χ0v) is 17.1. The van der Waals surface area contributed by atoms with Gasteiger partial charge in [0.1, 0.15) is 0 Å². The summed E-state index contributed by atoms with van der Waals surface area (Å²) in [6.45, 7) is 6.50. The van der Waals surface area contributed by atoms with Crippen molar-refractivity contribution in [2.75, 3.05) is 34.4 Å². The summed E-state index contributed by atoms with van der Waals surface area (Å²) in [7, 11) is 4.71. The molecule has 7 nitrogen and oxygen atoms in total. The van der Waals surface area contributed by atoms with Gasteiger partial charge in [-0.25, -0.2) is 4.79 Å². The van der Waals surface area contributed by atoms with E-state index < -0.39 is 0 Å². The summed E-state index contributed by atoms with van der Waals surface area (Å²) < 4.78 is 16.1. The van der Waals surface area contributed by atoms with E-state index in [0.717, 1.165) is 12.1 Å². The summed E-state index contributed by atoms with van der Waals surface area (Å²) in [5.74, 6) is 1.67. The molecule has 1 heterocycles. The van der Waals surface area contributed by atoms with Crippen molar-refractivity contribution in [2.24, 2.45) is 0 Å². The Morgan fingerprint density at radius 2 is 1.89 bits per heavy atom. The molecular weight excluding hydrogens is 346 g/mol. The summed E-state index contributed by atoms with van der Waals surface area (Å²) in [5.41, 5.74) is 0.822. The molecule has 2 amide bonds. The molecule has 0 spiro atoms. The number of urea groups is 1. The molecule has 1 saturated heterocycles. The zero-order chi connectivity index (χ0) is 19.8. The first-order chi connectivity index (χ1) is 13.0. The third kappa shape index (κ3) is 5.42. The van der Waals surface area contributed by atoms with Gasteiger partial charge in [0.2, 0.25) is 5.75 Å². The predicted molar refractivity (Wildman–Crippen MR) is 106 cm³/mol. The van der Waals surface area contributed by atoms with Crippen molar-refractivity contribution >= 4 is 6.03 Å². The molecular formula is C20H33N3O4. The van der Waals surface area contributed by atoms with Crippen molar-refractivity contribution in [3.05, 3.63) is 17.7 Å². The number of methoxy groups -OCH3 is 3. The summed E-state index contributed by atoms with van der Waals surface area (Å²) in [4.78, 5) is 14.7. The highest BCUT2D eigenvalue weighted by molar-refractivity contribution is 5.74. The Morgan fingerprint density at radius 3 is 2.52 bits per heavy atom. The molecule has 0 saturated carbocycles. The Hall–Kier alpha value is -2.15. The highest BCUT2D eigenvalue weighted by Crippen LogP contribution is 2.39. The molecule has 1 aromatic rings. The lowest BCUT2D eigenvalue weighted by Crippen LogP contribution is -2.49. The van der Waals surface area contributed by atoms with Crippen LogP contribution in [-0.4, -0.2) is 57.4 Å². The van der Waals surface area contributed by atoms with Crippen LogP contribution >= 0.6 is 0 Å². The Bertz CT molecular complexity index is 623. The number of rotatable bonds is 8. The third-order valence-electron chi connectivity index (χ3n) is 5.20. The van der Waals surface area contributed by atoms with E-state index in [1.165, 1.54) is 19.3 Å². The fourth-order valence-corrected chi connectivity index (χ4v) is 3.67. The lowest BCUT2D eigenvalue weighted by molar-refractivity contribution is 0.114. The number of carbonyl (C=O) groups excluding carboxylic acids is 1. The van der Waals surface area contributed by atoms with Gasteiger partial charge in [-0.1, -0.05) is 6.42 Å². The smallest absolute Gasteiger partial charge is 0.315 e. The van der Waals surface area contributed by atoms with Crippen molar-refractivity contribution in [3.63, 3.8) is 0 Å². The van der Waals surface area contributed by atoms with Gasteiger partial charge < -0.3 is 24.8 Å². The van der Waals surface area contributed by atoms with Crippen LogP contribution in [0.5, 0.6) is 17.2 Å². The van der Waals surface area contributed by atoms with Crippen molar-refractivity contribution in [1.29, 1.82) is 0 Å². The fourth-order valence-electron chi connectivity index (χ4n) is 3.67. The van der Waals surface area contributed by atoms with Gasteiger partial charge in [-0.15, -0.1) is 0 Å². The highest BCUT2D eigenvalue weighted by Gasteiger charge is 2.23. The molecule has 27 heavy (non-hydrogen) atoms. The molecule has 0 aromatic heterocycles. The first-order valence-electron chi connectivity index (χ1n) is 9.57. The van der Waals surface area contributed by atoms with Crippen LogP contribution in [0.15, 0.2) is 12.1 Å². The predicted octanol–water partition coefficient (Wildman–Crippen LogP) is 2.77. The van der Waals surface area contributed by atoms with Crippen molar-refractivity contribution in [2.45, 2.75) is 51.7 Å². The Labute approximate surface area is 162 Å². The molecule has 0 unspecified atom stereocenters. The molecule has 1 aromatic carbocycles. The molecule has 0 radical (unpaired) electrons. The molecule has 2 rings (SSSR count). The van der Waals surface area contributed by atoms with E-state index >= 15 is 0 Å². The van der Waals surface area contributed by atoms with Crippen LogP contribution in [0.25, 0.3) is 0 Å². The molecule has 1 aliphatic rings. The molecule has 0 aliphatic carbocycles. The van der Waals surface area contributed by atoms with E-state index in [1.807, 2.05) is 6.07 Å². The zero-order valence-electron chi connectivity index (χ0n) is 17.1. The van der Waals surface area contributed by atoms with Gasteiger partial charge in [0.05, 0.1) is 21.3 Å². The summed E-state index contributed by atoms with van der Waals surface area (Å²) in [6, 6.07) is 4.37. The molecule has 152 valence electrons. The minimum Gasteiger partial charge on any atom is -0.493 e.